The fourth-order valence-corrected chi connectivity index (χ4v) is 6.27. The van der Waals surface area contributed by atoms with Crippen LogP contribution in [0.2, 0.25) is 0 Å². The molecule has 0 nitrogen and oxygen atoms in total. The molecule has 120 valence electrons. The fraction of sp³-hybridized carbons (Fsp3) is 0.895. The van der Waals surface area contributed by atoms with Gasteiger partial charge in [0.15, 0.2) is 0 Å². The average Bonchev–Trinajstić information content (AvgIpc) is 2.42. The highest BCUT2D eigenvalue weighted by Gasteiger charge is 2.04. The van der Waals surface area contributed by atoms with Gasteiger partial charge in [-0.15, -0.1) is 16.4 Å². The van der Waals surface area contributed by atoms with Gasteiger partial charge in [-0.25, -0.2) is 0 Å². The molecule has 0 amide bonds. The highest BCUT2D eigenvalue weighted by Crippen LogP contribution is 2.22. The van der Waals surface area contributed by atoms with Crippen LogP contribution in [0.1, 0.15) is 96.3 Å². The zero-order valence-corrected chi connectivity index (χ0v) is 15.7. The first-order valence-corrected chi connectivity index (χ1v) is 11.7. The van der Waals surface area contributed by atoms with Crippen LogP contribution in [0.15, 0.2) is 0 Å². The van der Waals surface area contributed by atoms with Gasteiger partial charge in [0.25, 0.3) is 0 Å². The number of rotatable bonds is 4. The summed E-state index contributed by atoms with van der Waals surface area (Å²) < 4.78 is 0. The van der Waals surface area contributed by atoms with E-state index in [4.69, 9.17) is 0 Å². The summed E-state index contributed by atoms with van der Waals surface area (Å²) in [6.07, 6.45) is 24.9. The van der Waals surface area contributed by atoms with Gasteiger partial charge in [0.05, 0.1) is 0 Å². The van der Waals surface area contributed by atoms with Crippen LogP contribution in [-0.4, -0.2) is 22.9 Å². The van der Waals surface area contributed by atoms with Crippen molar-refractivity contribution in [2.45, 2.75) is 96.3 Å². The molecular weight excluding hydrogens is 290 g/mol. The van der Waals surface area contributed by atoms with Gasteiger partial charge < -0.3 is 0 Å². The Morgan fingerprint density at radius 2 is 0.810 bits per heavy atom. The van der Waals surface area contributed by atoms with E-state index >= 15 is 0 Å². The summed E-state index contributed by atoms with van der Waals surface area (Å²) in [5.74, 6) is 0. The van der Waals surface area contributed by atoms with E-state index in [0.29, 0.717) is 0 Å². The van der Waals surface area contributed by atoms with Crippen molar-refractivity contribution in [1.82, 2.24) is 0 Å². The molecule has 0 atom stereocenters. The molecule has 2 rings (SSSR count). The molecule has 0 bridgehead atoms. The maximum Gasteiger partial charge on any atom is -0.0100 e. The van der Waals surface area contributed by atoms with E-state index in [0.717, 1.165) is 0 Å². The van der Waals surface area contributed by atoms with Crippen LogP contribution in [0.3, 0.4) is 0 Å². The predicted octanol–water partition coefficient (Wildman–Crippen LogP) is 7.10. The molecule has 2 aliphatic carbocycles. The van der Waals surface area contributed by atoms with Crippen LogP contribution in [0.25, 0.3) is 0 Å². The molecule has 2 heteroatoms. The van der Waals surface area contributed by atoms with Crippen molar-refractivity contribution < 1.29 is 0 Å². The molecule has 2 fully saturated rings. The van der Waals surface area contributed by atoms with Crippen molar-refractivity contribution in [1.29, 1.82) is 0 Å². The van der Waals surface area contributed by atoms with E-state index < -0.39 is 0 Å². The highest BCUT2D eigenvalue weighted by atomic mass is 31.1. The van der Waals surface area contributed by atoms with Gasteiger partial charge in [0.1, 0.15) is 0 Å². The smallest absolute Gasteiger partial charge is 0.0100 e. The van der Waals surface area contributed by atoms with E-state index in [1.165, 1.54) is 109 Å². The molecule has 0 unspecified atom stereocenters. The third-order valence-electron chi connectivity index (χ3n) is 4.85. The maximum atomic E-state index is 1.88. The van der Waals surface area contributed by atoms with Crippen molar-refractivity contribution >= 4 is 27.0 Å². The van der Waals surface area contributed by atoms with Gasteiger partial charge in [-0.1, -0.05) is 38.5 Å². The first-order valence-electron chi connectivity index (χ1n) is 9.49. The summed E-state index contributed by atoms with van der Waals surface area (Å²) in [7, 11) is 3.41. The fourth-order valence-electron chi connectivity index (χ4n) is 3.49. The summed E-state index contributed by atoms with van der Waals surface area (Å²) >= 11 is 0. The van der Waals surface area contributed by atoms with E-state index in [2.05, 4.69) is 0 Å². The second kappa shape index (κ2) is 11.8. The summed E-state index contributed by atoms with van der Waals surface area (Å²) in [5, 5.41) is 3.76. The Kier molecular flexibility index (Phi) is 9.98. The van der Waals surface area contributed by atoms with Gasteiger partial charge in [-0.2, -0.15) is 0 Å². The molecule has 0 aromatic rings. The Morgan fingerprint density at radius 3 is 1.19 bits per heavy atom. The van der Waals surface area contributed by atoms with Gasteiger partial charge in [0, 0.05) is 0 Å². The molecule has 0 heterocycles. The molecule has 2 saturated carbocycles. The van der Waals surface area contributed by atoms with Gasteiger partial charge in [-0.05, 0) is 80.7 Å². The van der Waals surface area contributed by atoms with E-state index in [1.54, 1.807) is 16.4 Å². The molecule has 0 aliphatic heterocycles. The lowest BCUT2D eigenvalue weighted by Crippen LogP contribution is -2.00. The van der Waals surface area contributed by atoms with Crippen LogP contribution < -0.4 is 0 Å². The first kappa shape index (κ1) is 17.7. The Hall–Kier alpha value is 0.340. The van der Waals surface area contributed by atoms with Gasteiger partial charge in [-0.3, -0.25) is 0 Å². The normalized spacial score (nSPS) is 22.7. The Morgan fingerprint density at radius 1 is 0.476 bits per heavy atom. The molecular formula is C19H34P2. The zero-order valence-electron chi connectivity index (χ0n) is 13.9. The molecule has 2 aliphatic rings. The van der Waals surface area contributed by atoms with Crippen LogP contribution in [0, 0.1) is 0 Å². The molecule has 0 radical (unpaired) electrons. The standard InChI is InChI=1S/C19H34P2/c1-3-7-12-18(13-8-4-1)20-16-11-17-21-19-14-9-5-2-6-10-15-19/h1-17H2. The minimum Gasteiger partial charge on any atom is -0.105 e. The van der Waals surface area contributed by atoms with Crippen molar-refractivity contribution in [3.63, 3.8) is 0 Å². The van der Waals surface area contributed by atoms with Gasteiger partial charge in [0.2, 0.25) is 0 Å². The molecule has 21 heavy (non-hydrogen) atoms. The summed E-state index contributed by atoms with van der Waals surface area (Å²) in [5.41, 5.74) is 0. The molecule has 0 N–H and O–H groups in total. The van der Waals surface area contributed by atoms with E-state index in [1.807, 2.05) is 10.6 Å². The summed E-state index contributed by atoms with van der Waals surface area (Å²) in [6, 6.07) is 0. The predicted molar refractivity (Wildman–Crippen MR) is 103 cm³/mol. The topological polar surface area (TPSA) is 0 Å². The van der Waals surface area contributed by atoms with Crippen molar-refractivity contribution in [3.8, 4) is 0 Å². The molecule has 0 saturated heterocycles. The van der Waals surface area contributed by atoms with Gasteiger partial charge >= 0.3 is 0 Å². The van der Waals surface area contributed by atoms with E-state index in [-0.39, 0.29) is 0 Å². The van der Waals surface area contributed by atoms with Crippen molar-refractivity contribution in [3.05, 3.63) is 0 Å². The number of hydrogen-bond acceptors (Lipinski definition) is 0. The number of hydrogen-bond donors (Lipinski definition) is 0. The zero-order chi connectivity index (χ0) is 14.6. The monoisotopic (exact) mass is 324 g/mol. The third-order valence-corrected chi connectivity index (χ3v) is 7.72. The summed E-state index contributed by atoms with van der Waals surface area (Å²) in [4.78, 5) is 0. The second-order valence-electron chi connectivity index (χ2n) is 6.78. The SMILES string of the molecule is C1CCCC(=PCCCP=C2CCCCCCC2)CCC1. The second-order valence-corrected chi connectivity index (χ2v) is 9.58. The van der Waals surface area contributed by atoms with Crippen LogP contribution >= 0.6 is 16.4 Å². The largest absolute Gasteiger partial charge is 0.105 e. The van der Waals surface area contributed by atoms with Crippen LogP contribution in [-0.2, 0) is 0 Å². The minimum atomic E-state index is 1.44. The van der Waals surface area contributed by atoms with E-state index in [9.17, 15) is 0 Å². The highest BCUT2D eigenvalue weighted by molar-refractivity contribution is 7.41. The minimum absolute atomic E-state index is 1.44. The average molecular weight is 324 g/mol. The van der Waals surface area contributed by atoms with Crippen molar-refractivity contribution in [2.75, 3.05) is 12.3 Å². The van der Waals surface area contributed by atoms with Crippen molar-refractivity contribution in [2.24, 2.45) is 0 Å². The van der Waals surface area contributed by atoms with Crippen LogP contribution in [0.5, 0.6) is 0 Å². The molecule has 0 aromatic carbocycles. The summed E-state index contributed by atoms with van der Waals surface area (Å²) in [6.45, 7) is 0. The molecule has 0 spiro atoms. The lowest BCUT2D eigenvalue weighted by atomic mass is 10.0. The molecule has 0 aromatic heterocycles. The van der Waals surface area contributed by atoms with Crippen LogP contribution in [0.4, 0.5) is 0 Å². The Labute approximate surface area is 136 Å². The quantitative estimate of drug-likeness (QED) is 0.382. The first-order chi connectivity index (χ1) is 10.4. The lowest BCUT2D eigenvalue weighted by molar-refractivity contribution is 0.610. The lowest BCUT2D eigenvalue weighted by Gasteiger charge is -2.12. The maximum absolute atomic E-state index is 1.88. The Bertz CT molecular complexity index is 278. The Balaban J connectivity index is 1.63. The third kappa shape index (κ3) is 8.52.